The molecule has 1 amide bonds. The van der Waals surface area contributed by atoms with Crippen LogP contribution in [0, 0.1) is 5.92 Å². The van der Waals surface area contributed by atoms with Crippen molar-refractivity contribution in [3.63, 3.8) is 0 Å². The van der Waals surface area contributed by atoms with Gasteiger partial charge in [0.15, 0.2) is 0 Å². The molecule has 1 rings (SSSR count). The minimum absolute atomic E-state index is 0. The van der Waals surface area contributed by atoms with Crippen LogP contribution in [0.15, 0.2) is 0 Å². The Morgan fingerprint density at radius 1 is 1.44 bits per heavy atom. The second-order valence-electron chi connectivity index (χ2n) is 4.63. The average Bonchev–Trinajstić information content (AvgIpc) is 2.18. The van der Waals surface area contributed by atoms with Gasteiger partial charge >= 0.3 is 0 Å². The second-order valence-corrected chi connectivity index (χ2v) is 5.86. The van der Waals surface area contributed by atoms with Crippen LogP contribution < -0.4 is 11.1 Å². The van der Waals surface area contributed by atoms with E-state index >= 15 is 0 Å². The lowest BCUT2D eigenvalue weighted by atomic mass is 10.0. The molecule has 3 nitrogen and oxygen atoms in total. The Morgan fingerprint density at radius 3 is 2.50 bits per heavy atom. The van der Waals surface area contributed by atoms with Gasteiger partial charge < -0.3 is 11.1 Å². The fourth-order valence-electron chi connectivity index (χ4n) is 1.77. The lowest BCUT2D eigenvalue weighted by Gasteiger charge is -2.24. The molecule has 1 atom stereocenters. The van der Waals surface area contributed by atoms with Crippen LogP contribution in [0.25, 0.3) is 0 Å². The number of hydrogen-bond donors (Lipinski definition) is 2. The lowest BCUT2D eigenvalue weighted by molar-refractivity contribution is -0.123. The third-order valence-electron chi connectivity index (χ3n) is 2.63. The molecule has 16 heavy (non-hydrogen) atoms. The molecule has 0 aromatic rings. The smallest absolute Gasteiger partial charge is 0.237 e. The largest absolute Gasteiger partial charge is 0.352 e. The van der Waals surface area contributed by atoms with E-state index < -0.39 is 0 Å². The van der Waals surface area contributed by atoms with E-state index in [1.54, 1.807) is 0 Å². The van der Waals surface area contributed by atoms with E-state index in [1.807, 2.05) is 11.8 Å². The molecular formula is C11H23ClN2OS. The summed E-state index contributed by atoms with van der Waals surface area (Å²) in [6.07, 6.45) is 2.95. The number of amides is 1. The highest BCUT2D eigenvalue weighted by Crippen LogP contribution is 2.17. The first-order valence-corrected chi connectivity index (χ1v) is 6.88. The quantitative estimate of drug-likeness (QED) is 0.816. The Balaban J connectivity index is 0.00000225. The normalized spacial score (nSPS) is 19.0. The van der Waals surface area contributed by atoms with Gasteiger partial charge in [0.25, 0.3) is 0 Å². The zero-order valence-electron chi connectivity index (χ0n) is 10.1. The molecule has 96 valence electrons. The van der Waals surface area contributed by atoms with E-state index in [-0.39, 0.29) is 24.4 Å². The van der Waals surface area contributed by atoms with Crippen LogP contribution in [0.3, 0.4) is 0 Å². The van der Waals surface area contributed by atoms with Crippen LogP contribution in [0.1, 0.15) is 33.1 Å². The molecule has 1 aliphatic rings. The van der Waals surface area contributed by atoms with Crippen LogP contribution in [-0.4, -0.2) is 29.5 Å². The minimum atomic E-state index is -0.334. The minimum Gasteiger partial charge on any atom is -0.352 e. The van der Waals surface area contributed by atoms with Gasteiger partial charge in [0.05, 0.1) is 6.04 Å². The molecule has 0 unspecified atom stereocenters. The molecule has 0 bridgehead atoms. The van der Waals surface area contributed by atoms with Crippen molar-refractivity contribution in [3.05, 3.63) is 0 Å². The van der Waals surface area contributed by atoms with Crippen molar-refractivity contribution in [1.29, 1.82) is 0 Å². The van der Waals surface area contributed by atoms with E-state index in [0.717, 1.165) is 30.8 Å². The lowest BCUT2D eigenvalue weighted by Crippen LogP contribution is -2.46. The summed E-state index contributed by atoms with van der Waals surface area (Å²) < 4.78 is 0. The SMILES string of the molecule is CC(C)C[C@H](N)C(=O)NC1CCSCC1.Cl. The van der Waals surface area contributed by atoms with Gasteiger partial charge in [-0.3, -0.25) is 4.79 Å². The van der Waals surface area contributed by atoms with Crippen molar-refractivity contribution >= 4 is 30.1 Å². The zero-order chi connectivity index (χ0) is 11.3. The van der Waals surface area contributed by atoms with Crippen molar-refractivity contribution < 1.29 is 4.79 Å². The van der Waals surface area contributed by atoms with E-state index in [0.29, 0.717) is 12.0 Å². The van der Waals surface area contributed by atoms with E-state index in [4.69, 9.17) is 5.73 Å². The number of carbonyl (C=O) groups is 1. The molecule has 0 aromatic heterocycles. The molecule has 3 N–H and O–H groups in total. The summed E-state index contributed by atoms with van der Waals surface area (Å²) in [7, 11) is 0. The van der Waals surface area contributed by atoms with Gasteiger partial charge in [-0.2, -0.15) is 11.8 Å². The number of carbonyl (C=O) groups excluding carboxylic acids is 1. The van der Waals surface area contributed by atoms with E-state index in [2.05, 4.69) is 19.2 Å². The first-order valence-electron chi connectivity index (χ1n) is 5.73. The van der Waals surface area contributed by atoms with Gasteiger partial charge in [-0.1, -0.05) is 13.8 Å². The Labute approximate surface area is 109 Å². The molecule has 1 fully saturated rings. The van der Waals surface area contributed by atoms with E-state index in [1.165, 1.54) is 0 Å². The summed E-state index contributed by atoms with van der Waals surface area (Å²) in [4.78, 5) is 11.7. The van der Waals surface area contributed by atoms with Crippen molar-refractivity contribution in [2.24, 2.45) is 11.7 Å². The highest BCUT2D eigenvalue weighted by Gasteiger charge is 2.20. The number of nitrogens with two attached hydrogens (primary N) is 1. The van der Waals surface area contributed by atoms with Crippen LogP contribution in [0.5, 0.6) is 0 Å². The third kappa shape index (κ3) is 5.97. The topological polar surface area (TPSA) is 55.1 Å². The number of halogens is 1. The van der Waals surface area contributed by atoms with Gasteiger partial charge in [0.2, 0.25) is 5.91 Å². The van der Waals surface area contributed by atoms with Crippen molar-refractivity contribution in [2.75, 3.05) is 11.5 Å². The van der Waals surface area contributed by atoms with Crippen molar-refractivity contribution in [1.82, 2.24) is 5.32 Å². The first kappa shape index (κ1) is 16.1. The number of hydrogen-bond acceptors (Lipinski definition) is 3. The van der Waals surface area contributed by atoms with Gasteiger partial charge in [-0.05, 0) is 36.7 Å². The summed E-state index contributed by atoms with van der Waals surface area (Å²) in [6.45, 7) is 4.18. The highest BCUT2D eigenvalue weighted by atomic mass is 35.5. The van der Waals surface area contributed by atoms with Crippen molar-refractivity contribution in [3.8, 4) is 0 Å². The number of thioether (sulfide) groups is 1. The maximum Gasteiger partial charge on any atom is 0.237 e. The predicted molar refractivity (Wildman–Crippen MR) is 73.2 cm³/mol. The maximum atomic E-state index is 11.7. The van der Waals surface area contributed by atoms with Crippen LogP contribution >= 0.6 is 24.2 Å². The fourth-order valence-corrected chi connectivity index (χ4v) is 2.87. The zero-order valence-corrected chi connectivity index (χ0v) is 11.7. The Morgan fingerprint density at radius 2 is 2.00 bits per heavy atom. The summed E-state index contributed by atoms with van der Waals surface area (Å²) in [5.41, 5.74) is 5.82. The highest BCUT2D eigenvalue weighted by molar-refractivity contribution is 7.99. The summed E-state index contributed by atoms with van der Waals surface area (Å²) in [6, 6.07) is 0.0246. The number of nitrogens with one attached hydrogen (secondary N) is 1. The van der Waals surface area contributed by atoms with Crippen LogP contribution in [0.4, 0.5) is 0 Å². The number of rotatable bonds is 4. The maximum absolute atomic E-state index is 11.7. The predicted octanol–water partition coefficient (Wildman–Crippen LogP) is 1.79. The van der Waals surface area contributed by atoms with Gasteiger partial charge in [-0.15, -0.1) is 12.4 Å². The molecule has 0 aromatic carbocycles. The van der Waals surface area contributed by atoms with Crippen LogP contribution in [-0.2, 0) is 4.79 Å². The summed E-state index contributed by atoms with van der Waals surface area (Å²) in [5, 5.41) is 3.05. The molecule has 0 spiro atoms. The molecule has 1 heterocycles. The monoisotopic (exact) mass is 266 g/mol. The standard InChI is InChI=1S/C11H22N2OS.ClH/c1-8(2)7-10(12)11(14)13-9-3-5-15-6-4-9;/h8-10H,3-7,12H2,1-2H3,(H,13,14);1H/t10-;/m0./s1. The van der Waals surface area contributed by atoms with Gasteiger partial charge in [-0.25, -0.2) is 0 Å². The first-order chi connectivity index (χ1) is 7.09. The molecule has 1 aliphatic heterocycles. The fraction of sp³-hybridized carbons (Fsp3) is 0.909. The Kier molecular flexibility index (Phi) is 8.24. The summed E-state index contributed by atoms with van der Waals surface area (Å²) in [5.74, 6) is 2.82. The molecular weight excluding hydrogens is 244 g/mol. The second kappa shape index (κ2) is 8.20. The third-order valence-corrected chi connectivity index (χ3v) is 3.68. The molecule has 1 saturated heterocycles. The Hall–Kier alpha value is 0.0700. The van der Waals surface area contributed by atoms with Crippen molar-refractivity contribution in [2.45, 2.75) is 45.2 Å². The van der Waals surface area contributed by atoms with Crippen LogP contribution in [0.2, 0.25) is 0 Å². The average molecular weight is 267 g/mol. The molecule has 0 aliphatic carbocycles. The molecule has 0 radical (unpaired) electrons. The van der Waals surface area contributed by atoms with Gasteiger partial charge in [0.1, 0.15) is 0 Å². The van der Waals surface area contributed by atoms with Gasteiger partial charge in [0, 0.05) is 6.04 Å². The Bertz CT molecular complexity index is 208. The summed E-state index contributed by atoms with van der Waals surface area (Å²) >= 11 is 1.96. The van der Waals surface area contributed by atoms with E-state index in [9.17, 15) is 4.79 Å². The molecule has 0 saturated carbocycles. The molecule has 5 heteroatoms.